The summed E-state index contributed by atoms with van der Waals surface area (Å²) in [7, 11) is -7.23. The van der Waals surface area contributed by atoms with E-state index in [4.69, 9.17) is 5.11 Å². The van der Waals surface area contributed by atoms with E-state index in [1.54, 1.807) is 6.92 Å². The normalized spacial score (nSPS) is 12.2. The summed E-state index contributed by atoms with van der Waals surface area (Å²) in [6, 6.07) is 4.84. The van der Waals surface area contributed by atoms with Crippen molar-refractivity contribution in [1.82, 2.24) is 4.72 Å². The molecule has 0 amide bonds. The first-order valence-corrected chi connectivity index (χ1v) is 9.37. The molecule has 0 fully saturated rings. The molecule has 0 saturated carbocycles. The predicted molar refractivity (Wildman–Crippen MR) is 76.2 cm³/mol. The van der Waals surface area contributed by atoms with E-state index in [1.165, 1.54) is 24.3 Å². The molecule has 0 unspecified atom stereocenters. The Labute approximate surface area is 124 Å². The summed E-state index contributed by atoms with van der Waals surface area (Å²) >= 11 is 0. The average Bonchev–Trinajstić information content (AvgIpc) is 2.38. The first-order valence-electron chi connectivity index (χ1n) is 6.23. The maximum atomic E-state index is 11.8. The second-order valence-corrected chi connectivity index (χ2v) is 8.21. The largest absolute Gasteiger partial charge is 0.481 e. The van der Waals surface area contributed by atoms with Gasteiger partial charge >= 0.3 is 5.97 Å². The van der Waals surface area contributed by atoms with E-state index < -0.39 is 25.8 Å². The quantitative estimate of drug-likeness (QED) is 0.719. The summed E-state index contributed by atoms with van der Waals surface area (Å²) < 4.78 is 49.4. The number of hydrogen-bond acceptors (Lipinski definition) is 5. The lowest BCUT2D eigenvalue weighted by molar-refractivity contribution is -0.136. The molecule has 0 aromatic heterocycles. The van der Waals surface area contributed by atoms with E-state index in [0.717, 1.165) is 0 Å². The number of carboxylic acids is 1. The Morgan fingerprint density at radius 2 is 1.62 bits per heavy atom. The number of carbonyl (C=O) groups is 1. The summed E-state index contributed by atoms with van der Waals surface area (Å²) in [5.74, 6) is -1.12. The van der Waals surface area contributed by atoms with Gasteiger partial charge in [0.2, 0.25) is 10.0 Å². The van der Waals surface area contributed by atoms with Gasteiger partial charge in [-0.05, 0) is 30.7 Å². The van der Waals surface area contributed by atoms with Gasteiger partial charge in [-0.2, -0.15) is 0 Å². The van der Waals surface area contributed by atoms with Crippen LogP contribution in [0.4, 0.5) is 0 Å². The van der Waals surface area contributed by atoms with Gasteiger partial charge in [-0.25, -0.2) is 21.6 Å². The Bertz CT molecular complexity index is 692. The van der Waals surface area contributed by atoms with Crippen LogP contribution in [0.1, 0.15) is 19.8 Å². The molecule has 1 aromatic carbocycles. The molecule has 0 saturated heterocycles. The van der Waals surface area contributed by atoms with Gasteiger partial charge < -0.3 is 5.11 Å². The monoisotopic (exact) mass is 335 g/mol. The molecule has 9 heteroatoms. The highest BCUT2D eigenvalue weighted by molar-refractivity contribution is 7.91. The molecule has 0 heterocycles. The van der Waals surface area contributed by atoms with Crippen molar-refractivity contribution in [3.63, 3.8) is 0 Å². The Hall–Kier alpha value is -1.45. The molecular formula is C12H17NO6S2. The van der Waals surface area contributed by atoms with Crippen LogP contribution in [0.5, 0.6) is 0 Å². The van der Waals surface area contributed by atoms with Crippen LogP contribution in [0.25, 0.3) is 0 Å². The van der Waals surface area contributed by atoms with Crippen LogP contribution in [0, 0.1) is 0 Å². The van der Waals surface area contributed by atoms with Crippen LogP contribution in [-0.4, -0.2) is 40.2 Å². The third-order valence-electron chi connectivity index (χ3n) is 2.60. The second-order valence-electron chi connectivity index (χ2n) is 4.33. The summed E-state index contributed by atoms with van der Waals surface area (Å²) in [5, 5.41) is 8.46. The minimum atomic E-state index is -3.84. The number of benzene rings is 1. The van der Waals surface area contributed by atoms with E-state index in [9.17, 15) is 21.6 Å². The van der Waals surface area contributed by atoms with E-state index in [0.29, 0.717) is 6.42 Å². The van der Waals surface area contributed by atoms with Crippen molar-refractivity contribution in [3.8, 4) is 0 Å². The van der Waals surface area contributed by atoms with E-state index in [-0.39, 0.29) is 28.5 Å². The van der Waals surface area contributed by atoms with Gasteiger partial charge in [-0.1, -0.05) is 6.92 Å². The van der Waals surface area contributed by atoms with Gasteiger partial charge in [0.1, 0.15) is 0 Å². The summed E-state index contributed by atoms with van der Waals surface area (Å²) in [6.07, 6.45) is 0.140. The van der Waals surface area contributed by atoms with Crippen molar-refractivity contribution in [1.29, 1.82) is 0 Å². The Balaban J connectivity index is 2.89. The topological polar surface area (TPSA) is 118 Å². The number of sulfonamides is 1. The van der Waals surface area contributed by atoms with Gasteiger partial charge in [-0.15, -0.1) is 0 Å². The molecule has 0 atom stereocenters. The summed E-state index contributed by atoms with van der Waals surface area (Å²) in [4.78, 5) is 10.3. The van der Waals surface area contributed by atoms with Crippen LogP contribution in [0.2, 0.25) is 0 Å². The fourth-order valence-corrected chi connectivity index (χ4v) is 3.94. The average molecular weight is 335 g/mol. The summed E-state index contributed by atoms with van der Waals surface area (Å²) in [5.41, 5.74) is 0. The maximum absolute atomic E-state index is 11.8. The Morgan fingerprint density at radius 1 is 1.10 bits per heavy atom. The highest BCUT2D eigenvalue weighted by atomic mass is 32.2. The van der Waals surface area contributed by atoms with E-state index in [2.05, 4.69) is 4.72 Å². The lowest BCUT2D eigenvalue weighted by atomic mass is 10.4. The minimum Gasteiger partial charge on any atom is -0.481 e. The molecule has 0 spiro atoms. The molecule has 7 nitrogen and oxygen atoms in total. The minimum absolute atomic E-state index is 0.00401. The smallest absolute Gasteiger partial charge is 0.304 e. The van der Waals surface area contributed by atoms with Crippen molar-refractivity contribution in [2.75, 3.05) is 12.3 Å². The molecule has 0 bridgehead atoms. The zero-order valence-corrected chi connectivity index (χ0v) is 13.1. The van der Waals surface area contributed by atoms with Crippen LogP contribution in [0.15, 0.2) is 34.1 Å². The molecule has 1 aromatic rings. The van der Waals surface area contributed by atoms with Crippen LogP contribution >= 0.6 is 0 Å². The van der Waals surface area contributed by atoms with Crippen molar-refractivity contribution in [2.45, 2.75) is 29.6 Å². The van der Waals surface area contributed by atoms with Gasteiger partial charge in [0.15, 0.2) is 9.84 Å². The molecule has 0 aliphatic carbocycles. The molecule has 0 aliphatic heterocycles. The Kier molecular flexibility index (Phi) is 5.87. The van der Waals surface area contributed by atoms with E-state index >= 15 is 0 Å². The van der Waals surface area contributed by atoms with Crippen molar-refractivity contribution < 1.29 is 26.7 Å². The predicted octanol–water partition coefficient (Wildman–Crippen LogP) is 0.623. The fourth-order valence-electron chi connectivity index (χ4n) is 1.59. The zero-order chi connectivity index (χ0) is 16.1. The maximum Gasteiger partial charge on any atom is 0.304 e. The van der Waals surface area contributed by atoms with Crippen LogP contribution < -0.4 is 4.72 Å². The number of rotatable bonds is 8. The second kappa shape index (κ2) is 7.01. The van der Waals surface area contributed by atoms with Gasteiger partial charge in [-0.3, -0.25) is 4.79 Å². The lowest BCUT2D eigenvalue weighted by Crippen LogP contribution is -2.26. The standard InChI is InChI=1S/C12H17NO6S2/c1-2-9-20(16,17)10-3-5-11(6-4-10)21(18,19)13-8-7-12(14)15/h3-6,13H,2,7-9H2,1H3,(H,14,15). The van der Waals surface area contributed by atoms with Gasteiger partial charge in [0, 0.05) is 6.54 Å². The number of carboxylic acid groups (broad SMARTS) is 1. The molecule has 2 N–H and O–H groups in total. The van der Waals surface area contributed by atoms with Crippen molar-refractivity contribution in [3.05, 3.63) is 24.3 Å². The number of aliphatic carboxylic acids is 1. The molecular weight excluding hydrogens is 318 g/mol. The number of nitrogens with one attached hydrogen (secondary N) is 1. The van der Waals surface area contributed by atoms with Crippen molar-refractivity contribution in [2.24, 2.45) is 0 Å². The number of hydrogen-bond donors (Lipinski definition) is 2. The SMILES string of the molecule is CCCS(=O)(=O)c1ccc(S(=O)(=O)NCCC(=O)O)cc1. The van der Waals surface area contributed by atoms with Gasteiger partial charge in [0.05, 0.1) is 22.0 Å². The zero-order valence-electron chi connectivity index (χ0n) is 11.4. The van der Waals surface area contributed by atoms with Crippen LogP contribution in [0.3, 0.4) is 0 Å². The highest BCUT2D eigenvalue weighted by Gasteiger charge is 2.17. The molecule has 118 valence electrons. The number of sulfone groups is 1. The first kappa shape index (κ1) is 17.6. The van der Waals surface area contributed by atoms with Gasteiger partial charge in [0.25, 0.3) is 0 Å². The molecule has 21 heavy (non-hydrogen) atoms. The molecule has 1 rings (SSSR count). The highest BCUT2D eigenvalue weighted by Crippen LogP contribution is 2.16. The molecule has 0 aliphatic rings. The third kappa shape index (κ3) is 5.10. The fraction of sp³-hybridized carbons (Fsp3) is 0.417. The lowest BCUT2D eigenvalue weighted by Gasteiger charge is -2.07. The molecule has 0 radical (unpaired) electrons. The van der Waals surface area contributed by atoms with E-state index in [1.807, 2.05) is 0 Å². The Morgan fingerprint density at radius 3 is 2.10 bits per heavy atom. The van der Waals surface area contributed by atoms with Crippen LogP contribution in [-0.2, 0) is 24.7 Å². The third-order valence-corrected chi connectivity index (χ3v) is 6.01. The first-order chi connectivity index (χ1) is 9.69. The van der Waals surface area contributed by atoms with Crippen molar-refractivity contribution >= 4 is 25.8 Å². The summed E-state index contributed by atoms with van der Waals surface area (Å²) in [6.45, 7) is 1.51.